The molecule has 0 atom stereocenters. The maximum Gasteiger partial charge on any atom is 0.140 e. The summed E-state index contributed by atoms with van der Waals surface area (Å²) in [4.78, 5) is 8.20. The Morgan fingerprint density at radius 3 is 2.86 bits per heavy atom. The zero-order valence-electron chi connectivity index (χ0n) is 7.59. The second-order valence-electron chi connectivity index (χ2n) is 2.95. The maximum atomic E-state index is 6.01. The zero-order valence-corrected chi connectivity index (χ0v) is 9.10. The summed E-state index contributed by atoms with van der Waals surface area (Å²) in [6, 6.07) is 3.67. The smallest absolute Gasteiger partial charge is 0.140 e. The van der Waals surface area contributed by atoms with Crippen LogP contribution in [0.3, 0.4) is 0 Å². The van der Waals surface area contributed by atoms with E-state index in [1.54, 1.807) is 12.3 Å². The number of hydrogen-bond acceptors (Lipinski definition) is 2. The SMILES string of the molecule is CCc1ccnc2cc(Cl)nc(Cl)c12. The molecule has 0 N–H and O–H groups in total. The summed E-state index contributed by atoms with van der Waals surface area (Å²) in [5, 5.41) is 1.71. The van der Waals surface area contributed by atoms with E-state index in [1.165, 1.54) is 0 Å². The van der Waals surface area contributed by atoms with Gasteiger partial charge in [-0.25, -0.2) is 4.98 Å². The van der Waals surface area contributed by atoms with Crippen molar-refractivity contribution in [2.24, 2.45) is 0 Å². The summed E-state index contributed by atoms with van der Waals surface area (Å²) < 4.78 is 0. The van der Waals surface area contributed by atoms with Gasteiger partial charge in [0.25, 0.3) is 0 Å². The zero-order chi connectivity index (χ0) is 10.1. The highest BCUT2D eigenvalue weighted by Gasteiger charge is 2.07. The molecule has 2 nitrogen and oxygen atoms in total. The number of aryl methyl sites for hydroxylation is 1. The summed E-state index contributed by atoms with van der Waals surface area (Å²) in [5.74, 6) is 0. The Kier molecular flexibility index (Phi) is 2.57. The van der Waals surface area contributed by atoms with Crippen LogP contribution in [0.25, 0.3) is 10.9 Å². The topological polar surface area (TPSA) is 25.8 Å². The Morgan fingerprint density at radius 1 is 1.36 bits per heavy atom. The summed E-state index contributed by atoms with van der Waals surface area (Å²) in [6.45, 7) is 2.07. The molecule has 2 aromatic rings. The Morgan fingerprint density at radius 2 is 2.14 bits per heavy atom. The average molecular weight is 227 g/mol. The molecular formula is C10H8Cl2N2. The summed E-state index contributed by atoms with van der Waals surface area (Å²) in [6.07, 6.45) is 2.66. The van der Waals surface area contributed by atoms with E-state index in [4.69, 9.17) is 23.2 Å². The first-order chi connectivity index (χ1) is 6.72. The predicted octanol–water partition coefficient (Wildman–Crippen LogP) is 3.50. The van der Waals surface area contributed by atoms with E-state index >= 15 is 0 Å². The molecule has 2 aromatic heterocycles. The fourth-order valence-corrected chi connectivity index (χ4v) is 2.00. The molecule has 0 aliphatic carbocycles. The average Bonchev–Trinajstić information content (AvgIpc) is 2.16. The molecule has 0 fully saturated rings. The first kappa shape index (κ1) is 9.69. The third-order valence-electron chi connectivity index (χ3n) is 2.11. The van der Waals surface area contributed by atoms with Crippen molar-refractivity contribution in [1.29, 1.82) is 0 Å². The fourth-order valence-electron chi connectivity index (χ4n) is 1.46. The van der Waals surface area contributed by atoms with Crippen molar-refractivity contribution >= 4 is 34.1 Å². The highest BCUT2D eigenvalue weighted by molar-refractivity contribution is 6.36. The van der Waals surface area contributed by atoms with E-state index in [0.29, 0.717) is 10.3 Å². The molecule has 0 aliphatic heterocycles. The van der Waals surface area contributed by atoms with E-state index in [0.717, 1.165) is 22.9 Å². The fraction of sp³-hybridized carbons (Fsp3) is 0.200. The molecule has 0 bridgehead atoms. The molecule has 0 saturated heterocycles. The Bertz CT molecular complexity index is 483. The van der Waals surface area contributed by atoms with Gasteiger partial charge in [-0.1, -0.05) is 30.1 Å². The third kappa shape index (κ3) is 1.56. The van der Waals surface area contributed by atoms with Gasteiger partial charge in [0, 0.05) is 17.6 Å². The summed E-state index contributed by atoms with van der Waals surface area (Å²) >= 11 is 11.8. The van der Waals surface area contributed by atoms with Crippen molar-refractivity contribution in [3.8, 4) is 0 Å². The van der Waals surface area contributed by atoms with Crippen LogP contribution in [0.5, 0.6) is 0 Å². The summed E-state index contributed by atoms with van der Waals surface area (Å²) in [5.41, 5.74) is 1.94. The van der Waals surface area contributed by atoms with E-state index in [9.17, 15) is 0 Å². The Balaban J connectivity index is 2.87. The molecule has 2 heterocycles. The van der Waals surface area contributed by atoms with Crippen LogP contribution in [0.4, 0.5) is 0 Å². The first-order valence-electron chi connectivity index (χ1n) is 4.32. The highest BCUT2D eigenvalue weighted by Crippen LogP contribution is 2.26. The van der Waals surface area contributed by atoms with Crippen molar-refractivity contribution in [2.75, 3.05) is 0 Å². The molecule has 72 valence electrons. The van der Waals surface area contributed by atoms with Crippen molar-refractivity contribution in [1.82, 2.24) is 9.97 Å². The van der Waals surface area contributed by atoms with E-state index in [-0.39, 0.29) is 0 Å². The van der Waals surface area contributed by atoms with Gasteiger partial charge in [0.15, 0.2) is 0 Å². The van der Waals surface area contributed by atoms with Gasteiger partial charge in [0.2, 0.25) is 0 Å². The normalized spacial score (nSPS) is 10.8. The minimum Gasteiger partial charge on any atom is -0.256 e. The van der Waals surface area contributed by atoms with Gasteiger partial charge in [0.05, 0.1) is 5.52 Å². The molecule has 0 spiro atoms. The minimum atomic E-state index is 0.378. The number of rotatable bonds is 1. The number of pyridine rings is 2. The van der Waals surface area contributed by atoms with Crippen LogP contribution >= 0.6 is 23.2 Å². The Labute approximate surface area is 91.9 Å². The van der Waals surface area contributed by atoms with E-state index in [2.05, 4.69) is 16.9 Å². The molecule has 14 heavy (non-hydrogen) atoms. The van der Waals surface area contributed by atoms with Gasteiger partial charge >= 0.3 is 0 Å². The van der Waals surface area contributed by atoms with Crippen LogP contribution < -0.4 is 0 Å². The van der Waals surface area contributed by atoms with Crippen molar-refractivity contribution in [3.63, 3.8) is 0 Å². The number of fused-ring (bicyclic) bond motifs is 1. The van der Waals surface area contributed by atoms with Gasteiger partial charge in [-0.05, 0) is 18.1 Å². The molecule has 0 amide bonds. The van der Waals surface area contributed by atoms with E-state index < -0.39 is 0 Å². The minimum absolute atomic E-state index is 0.378. The van der Waals surface area contributed by atoms with Gasteiger partial charge in [0.1, 0.15) is 10.3 Å². The number of hydrogen-bond donors (Lipinski definition) is 0. The number of halogens is 2. The van der Waals surface area contributed by atoms with Crippen molar-refractivity contribution < 1.29 is 0 Å². The van der Waals surface area contributed by atoms with Crippen LogP contribution in [0.15, 0.2) is 18.3 Å². The molecular weight excluding hydrogens is 219 g/mol. The summed E-state index contributed by atoms with van der Waals surface area (Å²) in [7, 11) is 0. The van der Waals surface area contributed by atoms with Gasteiger partial charge in [-0.15, -0.1) is 0 Å². The number of aromatic nitrogens is 2. The lowest BCUT2D eigenvalue weighted by atomic mass is 10.1. The van der Waals surface area contributed by atoms with Crippen molar-refractivity contribution in [3.05, 3.63) is 34.2 Å². The lowest BCUT2D eigenvalue weighted by Gasteiger charge is -2.04. The molecule has 4 heteroatoms. The van der Waals surface area contributed by atoms with Crippen LogP contribution in [0, 0.1) is 0 Å². The van der Waals surface area contributed by atoms with Gasteiger partial charge in [-0.2, -0.15) is 0 Å². The molecule has 0 saturated carbocycles. The monoisotopic (exact) mass is 226 g/mol. The third-order valence-corrected chi connectivity index (χ3v) is 2.58. The second-order valence-corrected chi connectivity index (χ2v) is 3.70. The molecule has 0 radical (unpaired) electrons. The lowest BCUT2D eigenvalue weighted by molar-refractivity contribution is 1.14. The Hall–Kier alpha value is -0.860. The largest absolute Gasteiger partial charge is 0.256 e. The lowest BCUT2D eigenvalue weighted by Crippen LogP contribution is -1.90. The first-order valence-corrected chi connectivity index (χ1v) is 5.07. The quantitative estimate of drug-likeness (QED) is 0.696. The second kappa shape index (κ2) is 3.71. The molecule has 0 aliphatic rings. The van der Waals surface area contributed by atoms with E-state index in [1.807, 2.05) is 6.07 Å². The standard InChI is InChI=1S/C10H8Cl2N2/c1-2-6-3-4-13-7-5-8(11)14-10(12)9(6)7/h3-5H,2H2,1H3. The van der Waals surface area contributed by atoms with Crippen LogP contribution in [-0.2, 0) is 6.42 Å². The van der Waals surface area contributed by atoms with Crippen LogP contribution in [0.1, 0.15) is 12.5 Å². The predicted molar refractivity (Wildman–Crippen MR) is 58.9 cm³/mol. The maximum absolute atomic E-state index is 6.01. The highest BCUT2D eigenvalue weighted by atomic mass is 35.5. The van der Waals surface area contributed by atoms with Gasteiger partial charge < -0.3 is 0 Å². The van der Waals surface area contributed by atoms with Crippen LogP contribution in [0.2, 0.25) is 10.3 Å². The molecule has 2 rings (SSSR count). The van der Waals surface area contributed by atoms with Crippen LogP contribution in [-0.4, -0.2) is 9.97 Å². The molecule has 0 unspecified atom stereocenters. The molecule has 0 aromatic carbocycles. The number of nitrogens with zero attached hydrogens (tertiary/aromatic N) is 2. The van der Waals surface area contributed by atoms with Gasteiger partial charge in [-0.3, -0.25) is 4.98 Å². The van der Waals surface area contributed by atoms with Crippen molar-refractivity contribution in [2.45, 2.75) is 13.3 Å².